The molecule has 25 heavy (non-hydrogen) atoms. The highest BCUT2D eigenvalue weighted by molar-refractivity contribution is 7.89. The summed E-state index contributed by atoms with van der Waals surface area (Å²) in [5.74, 6) is 0.925. The molecule has 136 valence electrons. The van der Waals surface area contributed by atoms with Crippen molar-refractivity contribution in [2.45, 2.75) is 37.8 Å². The van der Waals surface area contributed by atoms with Crippen molar-refractivity contribution in [1.29, 1.82) is 0 Å². The summed E-state index contributed by atoms with van der Waals surface area (Å²) in [5, 5.41) is 8.06. The van der Waals surface area contributed by atoms with Crippen LogP contribution in [0.2, 0.25) is 0 Å². The van der Waals surface area contributed by atoms with Gasteiger partial charge >= 0.3 is 0 Å². The van der Waals surface area contributed by atoms with Gasteiger partial charge in [-0.1, -0.05) is 13.3 Å². The summed E-state index contributed by atoms with van der Waals surface area (Å²) in [6, 6.07) is 4.81. The largest absolute Gasteiger partial charge is 0.346 e. The Hall–Kier alpha value is -1.97. The van der Waals surface area contributed by atoms with E-state index in [4.69, 9.17) is 5.14 Å². The van der Waals surface area contributed by atoms with Gasteiger partial charge in [-0.2, -0.15) is 0 Å². The third-order valence-electron chi connectivity index (χ3n) is 4.48. The lowest BCUT2D eigenvalue weighted by Gasteiger charge is -2.23. The van der Waals surface area contributed by atoms with E-state index in [-0.39, 0.29) is 10.8 Å². The summed E-state index contributed by atoms with van der Waals surface area (Å²) in [7, 11) is -3.76. The number of piperazine rings is 1. The SMILES string of the molecule is CCCCn1c(C[NH+]2CCNC(=O)C2)nc2cc(S(N)(=O)=O)ccc21. The second-order valence-corrected chi connectivity index (χ2v) is 7.99. The number of imidazole rings is 1. The molecule has 1 atom stereocenters. The number of hydrogen-bond acceptors (Lipinski definition) is 4. The topological polar surface area (TPSA) is 112 Å². The smallest absolute Gasteiger partial charge is 0.275 e. The van der Waals surface area contributed by atoms with Crippen LogP contribution in [-0.4, -0.2) is 43.5 Å². The lowest BCUT2D eigenvalue weighted by Crippen LogP contribution is -3.14. The number of sulfonamides is 1. The minimum atomic E-state index is -3.76. The molecule has 4 N–H and O–H groups in total. The Labute approximate surface area is 147 Å². The third kappa shape index (κ3) is 4.00. The van der Waals surface area contributed by atoms with Crippen LogP contribution in [0.5, 0.6) is 0 Å². The second-order valence-electron chi connectivity index (χ2n) is 6.43. The predicted octanol–water partition coefficient (Wildman–Crippen LogP) is -1.00. The van der Waals surface area contributed by atoms with Crippen molar-refractivity contribution in [1.82, 2.24) is 14.9 Å². The molecule has 1 fully saturated rings. The fraction of sp³-hybridized carbons (Fsp3) is 0.500. The fourth-order valence-electron chi connectivity index (χ4n) is 3.17. The van der Waals surface area contributed by atoms with E-state index in [1.807, 2.05) is 0 Å². The molecule has 1 aliphatic rings. The first-order valence-corrected chi connectivity index (χ1v) is 10.1. The number of quaternary nitrogens is 1. The zero-order valence-electron chi connectivity index (χ0n) is 14.3. The number of rotatable bonds is 6. The number of primary sulfonamides is 1. The Kier molecular flexibility index (Phi) is 5.07. The van der Waals surface area contributed by atoms with Crippen LogP contribution < -0.4 is 15.4 Å². The van der Waals surface area contributed by atoms with E-state index >= 15 is 0 Å². The maximum absolute atomic E-state index is 11.6. The number of nitrogens with one attached hydrogen (secondary N) is 2. The van der Waals surface area contributed by atoms with E-state index < -0.39 is 10.0 Å². The first-order chi connectivity index (χ1) is 11.9. The Balaban J connectivity index is 1.98. The molecule has 0 bridgehead atoms. The van der Waals surface area contributed by atoms with Crippen molar-refractivity contribution in [2.24, 2.45) is 5.14 Å². The van der Waals surface area contributed by atoms with Gasteiger partial charge in [0.15, 0.2) is 12.4 Å². The maximum atomic E-state index is 11.6. The van der Waals surface area contributed by atoms with Gasteiger partial charge in [-0.3, -0.25) is 4.79 Å². The summed E-state index contributed by atoms with van der Waals surface area (Å²) < 4.78 is 25.3. The molecule has 0 aliphatic carbocycles. The van der Waals surface area contributed by atoms with Crippen LogP contribution in [0.15, 0.2) is 23.1 Å². The summed E-state index contributed by atoms with van der Waals surface area (Å²) in [4.78, 5) is 17.5. The predicted molar refractivity (Wildman–Crippen MR) is 93.4 cm³/mol. The molecule has 3 rings (SSSR count). The van der Waals surface area contributed by atoms with Crippen LogP contribution in [0.25, 0.3) is 11.0 Å². The minimum absolute atomic E-state index is 0.0500. The highest BCUT2D eigenvalue weighted by Gasteiger charge is 2.23. The second kappa shape index (κ2) is 7.11. The van der Waals surface area contributed by atoms with Gasteiger partial charge in [0.1, 0.15) is 6.54 Å². The number of aryl methyl sites for hydroxylation is 1. The van der Waals surface area contributed by atoms with Crippen molar-refractivity contribution in [3.8, 4) is 0 Å². The number of fused-ring (bicyclic) bond motifs is 1. The Bertz CT molecular complexity index is 891. The first-order valence-electron chi connectivity index (χ1n) is 8.50. The normalized spacial score (nSPS) is 18.5. The number of benzene rings is 1. The number of amides is 1. The van der Waals surface area contributed by atoms with Gasteiger partial charge in [-0.15, -0.1) is 0 Å². The lowest BCUT2D eigenvalue weighted by molar-refractivity contribution is -0.908. The van der Waals surface area contributed by atoms with E-state index in [9.17, 15) is 13.2 Å². The van der Waals surface area contributed by atoms with E-state index in [0.29, 0.717) is 25.2 Å². The molecule has 1 amide bonds. The summed E-state index contributed by atoms with van der Waals surface area (Å²) in [6.07, 6.45) is 2.05. The highest BCUT2D eigenvalue weighted by atomic mass is 32.2. The molecule has 8 nitrogen and oxygen atoms in total. The van der Waals surface area contributed by atoms with Crippen LogP contribution in [0, 0.1) is 0 Å². The van der Waals surface area contributed by atoms with Crippen molar-refractivity contribution in [2.75, 3.05) is 19.6 Å². The molecule has 1 saturated heterocycles. The van der Waals surface area contributed by atoms with Crippen LogP contribution in [0.4, 0.5) is 0 Å². The number of nitrogens with two attached hydrogens (primary N) is 1. The molecule has 2 heterocycles. The molecular formula is C16H24N5O3S+. The van der Waals surface area contributed by atoms with Crippen molar-refractivity contribution in [3.63, 3.8) is 0 Å². The van der Waals surface area contributed by atoms with Crippen LogP contribution in [0.3, 0.4) is 0 Å². The van der Waals surface area contributed by atoms with Crippen molar-refractivity contribution < 1.29 is 18.1 Å². The molecule has 1 aliphatic heterocycles. The van der Waals surface area contributed by atoms with Gasteiger partial charge in [-0.05, 0) is 24.6 Å². The molecule has 0 radical (unpaired) electrons. The molecule has 0 spiro atoms. The van der Waals surface area contributed by atoms with Gasteiger partial charge in [0.2, 0.25) is 10.0 Å². The average Bonchev–Trinajstić information content (AvgIpc) is 2.88. The van der Waals surface area contributed by atoms with Crippen molar-refractivity contribution >= 4 is 27.0 Å². The molecule has 2 aromatic rings. The number of carbonyl (C=O) groups excluding carboxylic acids is 1. The molecule has 1 aromatic carbocycles. The lowest BCUT2D eigenvalue weighted by atomic mass is 10.3. The number of aromatic nitrogens is 2. The van der Waals surface area contributed by atoms with E-state index in [2.05, 4.69) is 21.8 Å². The monoisotopic (exact) mass is 366 g/mol. The maximum Gasteiger partial charge on any atom is 0.275 e. The molecule has 0 saturated carbocycles. The number of nitrogens with zero attached hydrogens (tertiary/aromatic N) is 2. The Morgan fingerprint density at radius 2 is 2.20 bits per heavy atom. The van der Waals surface area contributed by atoms with Gasteiger partial charge in [0.25, 0.3) is 5.91 Å². The van der Waals surface area contributed by atoms with E-state index in [1.54, 1.807) is 6.07 Å². The first kappa shape index (κ1) is 17.8. The number of unbranched alkanes of at least 4 members (excludes halogenated alkanes) is 1. The minimum Gasteiger partial charge on any atom is -0.346 e. The standard InChI is InChI=1S/C16H23N5O3S/c1-2-3-7-21-14-5-4-12(25(17,23)24)9-13(14)19-15(21)10-20-8-6-18-16(22)11-20/h4-5,9H,2-3,6-8,10-11H2,1H3,(H,18,22)(H2,17,23,24)/p+1. The van der Waals surface area contributed by atoms with E-state index in [0.717, 1.165) is 42.2 Å². The molecule has 1 unspecified atom stereocenters. The number of hydrogen-bond donors (Lipinski definition) is 3. The fourth-order valence-corrected chi connectivity index (χ4v) is 3.70. The quantitative estimate of drug-likeness (QED) is 0.609. The molecular weight excluding hydrogens is 342 g/mol. The van der Waals surface area contributed by atoms with Gasteiger partial charge in [0, 0.05) is 6.54 Å². The van der Waals surface area contributed by atoms with E-state index in [1.165, 1.54) is 12.1 Å². The van der Waals surface area contributed by atoms with Crippen LogP contribution >= 0.6 is 0 Å². The number of carbonyl (C=O) groups is 1. The Morgan fingerprint density at radius 3 is 2.88 bits per heavy atom. The van der Waals surface area contributed by atoms with Gasteiger partial charge in [-0.25, -0.2) is 18.5 Å². The summed E-state index contributed by atoms with van der Waals surface area (Å²) in [5.41, 5.74) is 1.52. The molecule has 9 heteroatoms. The third-order valence-corrected chi connectivity index (χ3v) is 5.39. The average molecular weight is 366 g/mol. The summed E-state index contributed by atoms with van der Waals surface area (Å²) >= 11 is 0. The molecule has 1 aromatic heterocycles. The van der Waals surface area contributed by atoms with Gasteiger partial charge in [0.05, 0.1) is 29.0 Å². The van der Waals surface area contributed by atoms with Crippen LogP contribution in [0.1, 0.15) is 25.6 Å². The zero-order valence-corrected chi connectivity index (χ0v) is 15.1. The Morgan fingerprint density at radius 1 is 1.40 bits per heavy atom. The summed E-state index contributed by atoms with van der Waals surface area (Å²) in [6.45, 7) is 5.52. The zero-order chi connectivity index (χ0) is 18.0. The highest BCUT2D eigenvalue weighted by Crippen LogP contribution is 2.20. The van der Waals surface area contributed by atoms with Crippen molar-refractivity contribution in [3.05, 3.63) is 24.0 Å². The van der Waals surface area contributed by atoms with Crippen LogP contribution in [-0.2, 0) is 27.9 Å². The van der Waals surface area contributed by atoms with Gasteiger partial charge < -0.3 is 14.8 Å².